The van der Waals surface area contributed by atoms with Gasteiger partial charge in [-0.25, -0.2) is 14.5 Å². The molecule has 1 aliphatic rings. The standard InChI is InChI=1S/C42H36N8O3/c1-27-12-16-33(23-40(43-25-27)45-30-13-19-36-29(22-30)26-44-48-36)53-39-21-20-37(34-10-6-7-11-35(34)39)46-42(51)47-41-24-38(28-8-4-3-5-9-28)49-50(41)31-14-17-32(52-2)18-15-31/h3-11,13-15,17-26H,12,16H2,1-2H3,(H,43,45)(H,44,48)(H2,46,47,51)/b27-25?,33-23+. The number of aliphatic imine (C=N–C) groups is 1. The minimum Gasteiger partial charge on any atom is -0.497 e. The number of anilines is 3. The average molecular weight is 701 g/mol. The molecule has 0 unspecified atom stereocenters. The summed E-state index contributed by atoms with van der Waals surface area (Å²) in [5.41, 5.74) is 5.98. The third-order valence-electron chi connectivity index (χ3n) is 8.90. The second-order valence-corrected chi connectivity index (χ2v) is 12.6. The van der Waals surface area contributed by atoms with Gasteiger partial charge in [0.2, 0.25) is 0 Å². The normalized spacial score (nSPS) is 14.0. The summed E-state index contributed by atoms with van der Waals surface area (Å²) < 4.78 is 13.7. The number of nitrogens with zero attached hydrogens (tertiary/aromatic N) is 4. The van der Waals surface area contributed by atoms with Gasteiger partial charge in [0, 0.05) is 58.4 Å². The van der Waals surface area contributed by atoms with Gasteiger partial charge in [-0.15, -0.1) is 0 Å². The first-order valence-corrected chi connectivity index (χ1v) is 17.2. The van der Waals surface area contributed by atoms with Crippen molar-refractivity contribution >= 4 is 50.7 Å². The van der Waals surface area contributed by atoms with Crippen LogP contribution in [-0.4, -0.2) is 39.0 Å². The fourth-order valence-electron chi connectivity index (χ4n) is 6.17. The lowest BCUT2D eigenvalue weighted by molar-refractivity contribution is 0.262. The molecule has 3 heterocycles. The molecule has 0 spiro atoms. The van der Waals surface area contributed by atoms with E-state index in [9.17, 15) is 4.79 Å². The predicted octanol–water partition coefficient (Wildman–Crippen LogP) is 9.69. The van der Waals surface area contributed by atoms with Crippen LogP contribution in [0.15, 0.2) is 150 Å². The van der Waals surface area contributed by atoms with Crippen LogP contribution in [0.4, 0.5) is 22.0 Å². The summed E-state index contributed by atoms with van der Waals surface area (Å²) >= 11 is 0. The number of fused-ring (bicyclic) bond motifs is 2. The summed E-state index contributed by atoms with van der Waals surface area (Å²) in [6, 6.07) is 36.3. The topological polar surface area (TPSA) is 130 Å². The van der Waals surface area contributed by atoms with E-state index >= 15 is 0 Å². The fraction of sp³-hybridized carbons (Fsp3) is 0.0952. The van der Waals surface area contributed by atoms with Crippen molar-refractivity contribution in [1.82, 2.24) is 20.0 Å². The molecule has 5 aromatic carbocycles. The van der Waals surface area contributed by atoms with E-state index in [0.29, 0.717) is 29.5 Å². The van der Waals surface area contributed by atoms with Crippen molar-refractivity contribution in [3.63, 3.8) is 0 Å². The van der Waals surface area contributed by atoms with Gasteiger partial charge in [0.1, 0.15) is 28.9 Å². The van der Waals surface area contributed by atoms with Crippen molar-refractivity contribution < 1.29 is 14.3 Å². The van der Waals surface area contributed by atoms with Crippen molar-refractivity contribution in [3.05, 3.63) is 145 Å². The molecule has 0 atom stereocenters. The van der Waals surface area contributed by atoms with Gasteiger partial charge in [-0.2, -0.15) is 10.2 Å². The van der Waals surface area contributed by atoms with Crippen LogP contribution in [0.5, 0.6) is 11.5 Å². The first kappa shape index (κ1) is 33.0. The number of H-pyrrole nitrogens is 1. The number of methoxy groups -OCH3 is 1. The van der Waals surface area contributed by atoms with Gasteiger partial charge >= 0.3 is 6.03 Å². The summed E-state index contributed by atoms with van der Waals surface area (Å²) in [5, 5.41) is 24.2. The minimum absolute atomic E-state index is 0.413. The highest BCUT2D eigenvalue weighted by Crippen LogP contribution is 2.34. The van der Waals surface area contributed by atoms with Gasteiger partial charge in [-0.1, -0.05) is 60.2 Å². The highest BCUT2D eigenvalue weighted by Gasteiger charge is 2.17. The Morgan fingerprint density at radius 3 is 2.49 bits per heavy atom. The number of amidine groups is 1. The van der Waals surface area contributed by atoms with E-state index in [-0.39, 0.29) is 0 Å². The molecule has 0 saturated carbocycles. The van der Waals surface area contributed by atoms with Crippen LogP contribution in [-0.2, 0) is 0 Å². The molecule has 11 heteroatoms. The molecule has 0 aliphatic carbocycles. The van der Waals surface area contributed by atoms with Crippen LogP contribution in [0.25, 0.3) is 38.6 Å². The highest BCUT2D eigenvalue weighted by molar-refractivity contribution is 6.08. The zero-order chi connectivity index (χ0) is 36.1. The average Bonchev–Trinajstić information content (AvgIpc) is 3.84. The summed E-state index contributed by atoms with van der Waals surface area (Å²) in [4.78, 5) is 18.4. The summed E-state index contributed by atoms with van der Waals surface area (Å²) in [7, 11) is 1.62. The lowest BCUT2D eigenvalue weighted by atomic mass is 10.1. The van der Waals surface area contributed by atoms with Crippen LogP contribution in [0.1, 0.15) is 19.8 Å². The second-order valence-electron chi connectivity index (χ2n) is 12.6. The van der Waals surface area contributed by atoms with Crippen LogP contribution < -0.4 is 25.4 Å². The Labute approximate surface area is 305 Å². The van der Waals surface area contributed by atoms with Crippen molar-refractivity contribution in [2.24, 2.45) is 4.99 Å². The number of benzene rings is 5. The number of aromatic nitrogens is 4. The molecule has 0 fully saturated rings. The molecule has 7 aromatic rings. The Morgan fingerprint density at radius 1 is 0.849 bits per heavy atom. The number of ether oxygens (including phenoxy) is 2. The lowest BCUT2D eigenvalue weighted by Gasteiger charge is -2.17. The predicted molar refractivity (Wildman–Crippen MR) is 211 cm³/mol. The van der Waals surface area contributed by atoms with Crippen molar-refractivity contribution in [3.8, 4) is 28.4 Å². The summed E-state index contributed by atoms with van der Waals surface area (Å²) in [5.74, 6) is 3.32. The molecule has 262 valence electrons. The Bertz CT molecular complexity index is 2530. The number of urea groups is 1. The number of aromatic amines is 1. The quantitative estimate of drug-likeness (QED) is 0.125. The molecule has 0 bridgehead atoms. The summed E-state index contributed by atoms with van der Waals surface area (Å²) in [6.07, 6.45) is 7.18. The molecular weight excluding hydrogens is 665 g/mol. The van der Waals surface area contributed by atoms with E-state index in [1.54, 1.807) is 11.8 Å². The van der Waals surface area contributed by atoms with E-state index < -0.39 is 6.03 Å². The third-order valence-corrected chi connectivity index (χ3v) is 8.90. The number of allylic oxidation sites excluding steroid dienone is 2. The number of nitrogens with one attached hydrogen (secondary N) is 4. The second kappa shape index (κ2) is 14.6. The first-order chi connectivity index (χ1) is 26.0. The lowest BCUT2D eigenvalue weighted by Crippen LogP contribution is -2.21. The molecular formula is C42H36N8O3. The van der Waals surface area contributed by atoms with Gasteiger partial charge in [0.25, 0.3) is 0 Å². The van der Waals surface area contributed by atoms with Crippen molar-refractivity contribution in [1.29, 1.82) is 0 Å². The number of amides is 2. The van der Waals surface area contributed by atoms with Crippen LogP contribution >= 0.6 is 0 Å². The molecule has 11 nitrogen and oxygen atoms in total. The van der Waals surface area contributed by atoms with E-state index in [4.69, 9.17) is 19.6 Å². The Hall–Kier alpha value is -7.14. The Morgan fingerprint density at radius 2 is 1.66 bits per heavy atom. The molecule has 4 N–H and O–H groups in total. The van der Waals surface area contributed by atoms with E-state index in [0.717, 1.165) is 67.8 Å². The van der Waals surface area contributed by atoms with Gasteiger partial charge in [0.05, 0.1) is 29.7 Å². The molecule has 2 amide bonds. The Kier molecular flexibility index (Phi) is 9.10. The third kappa shape index (κ3) is 7.35. The smallest absolute Gasteiger partial charge is 0.324 e. The number of rotatable bonds is 8. The summed E-state index contributed by atoms with van der Waals surface area (Å²) in [6.45, 7) is 2.06. The first-order valence-electron chi connectivity index (χ1n) is 17.2. The number of hydrogen-bond donors (Lipinski definition) is 4. The van der Waals surface area contributed by atoms with Crippen LogP contribution in [0.3, 0.4) is 0 Å². The Balaban J connectivity index is 1.04. The minimum atomic E-state index is -0.413. The molecule has 53 heavy (non-hydrogen) atoms. The van der Waals surface area contributed by atoms with Crippen LogP contribution in [0.2, 0.25) is 0 Å². The van der Waals surface area contributed by atoms with Gasteiger partial charge in [0.15, 0.2) is 0 Å². The monoisotopic (exact) mass is 700 g/mol. The SMILES string of the molecule is COc1ccc(-n2nc(-c3ccccc3)cc2NC(=O)Nc2ccc(O/C3=C/C(Nc4ccc5n[nH]cc5c4)=NC=C(C)CC3)c3ccccc23)cc1. The number of hydrogen-bond acceptors (Lipinski definition) is 7. The molecule has 8 rings (SSSR count). The highest BCUT2D eigenvalue weighted by atomic mass is 16.5. The van der Waals surface area contributed by atoms with E-state index in [1.165, 1.54) is 0 Å². The van der Waals surface area contributed by atoms with Gasteiger partial charge in [-0.3, -0.25) is 10.4 Å². The zero-order valence-corrected chi connectivity index (χ0v) is 29.1. The van der Waals surface area contributed by atoms with Gasteiger partial charge in [-0.05, 0) is 67.9 Å². The zero-order valence-electron chi connectivity index (χ0n) is 29.1. The molecule has 0 radical (unpaired) electrons. The fourth-order valence-corrected chi connectivity index (χ4v) is 6.17. The van der Waals surface area contributed by atoms with E-state index in [1.807, 2.05) is 134 Å². The maximum absolute atomic E-state index is 13.6. The number of carbonyl (C=O) groups is 1. The van der Waals surface area contributed by atoms with Crippen molar-refractivity contribution in [2.75, 3.05) is 23.1 Å². The molecule has 2 aromatic heterocycles. The van der Waals surface area contributed by atoms with E-state index in [2.05, 4.69) is 33.1 Å². The largest absolute Gasteiger partial charge is 0.497 e. The van der Waals surface area contributed by atoms with Gasteiger partial charge < -0.3 is 20.1 Å². The molecule has 1 aliphatic heterocycles. The number of carbonyl (C=O) groups excluding carboxylic acids is 1. The molecule has 0 saturated heterocycles. The van der Waals surface area contributed by atoms with Crippen LogP contribution in [0, 0.1) is 0 Å². The van der Waals surface area contributed by atoms with Crippen molar-refractivity contribution in [2.45, 2.75) is 19.8 Å². The maximum Gasteiger partial charge on any atom is 0.324 e. The maximum atomic E-state index is 13.6.